The fourth-order valence-electron chi connectivity index (χ4n) is 4.11. The van der Waals surface area contributed by atoms with Gasteiger partial charge in [0.1, 0.15) is 0 Å². The SMILES string of the molecule is CCOC(=O)C1=C(COCCCOCCCN)NC(C)=C(C(=O)OC)[C@@H]1c1cccc(C(F)(F)F)c1SC. The number of methoxy groups -OCH3 is 1. The van der Waals surface area contributed by atoms with Crippen molar-refractivity contribution in [1.29, 1.82) is 0 Å². The van der Waals surface area contributed by atoms with E-state index >= 15 is 0 Å². The Morgan fingerprint density at radius 2 is 1.76 bits per heavy atom. The minimum Gasteiger partial charge on any atom is -0.466 e. The number of halogens is 3. The largest absolute Gasteiger partial charge is 0.466 e. The molecule has 8 nitrogen and oxygen atoms in total. The van der Waals surface area contributed by atoms with E-state index < -0.39 is 29.6 Å². The lowest BCUT2D eigenvalue weighted by atomic mass is 9.79. The highest BCUT2D eigenvalue weighted by Crippen LogP contribution is 2.46. The highest BCUT2D eigenvalue weighted by Gasteiger charge is 2.42. The third-order valence-corrected chi connectivity index (χ3v) is 6.59. The van der Waals surface area contributed by atoms with Crippen molar-refractivity contribution < 1.29 is 41.7 Å². The number of nitrogens with one attached hydrogen (secondary N) is 1. The summed E-state index contributed by atoms with van der Waals surface area (Å²) in [6, 6.07) is 3.70. The molecule has 1 aliphatic rings. The zero-order chi connectivity index (χ0) is 28.3. The van der Waals surface area contributed by atoms with Crippen molar-refractivity contribution in [3.8, 4) is 0 Å². The fraction of sp³-hybridized carbons (Fsp3) is 0.538. The Hall–Kier alpha value is -2.54. The maximum absolute atomic E-state index is 13.9. The van der Waals surface area contributed by atoms with Crippen molar-refractivity contribution in [3.05, 3.63) is 51.9 Å². The molecule has 0 amide bonds. The van der Waals surface area contributed by atoms with Gasteiger partial charge in [0, 0.05) is 30.4 Å². The molecule has 0 saturated carbocycles. The van der Waals surface area contributed by atoms with E-state index in [1.165, 1.54) is 25.5 Å². The number of alkyl halides is 3. The highest BCUT2D eigenvalue weighted by atomic mass is 32.2. The van der Waals surface area contributed by atoms with Crippen LogP contribution in [0.4, 0.5) is 13.2 Å². The second kappa shape index (κ2) is 15.2. The van der Waals surface area contributed by atoms with Crippen LogP contribution in [-0.2, 0) is 34.7 Å². The highest BCUT2D eigenvalue weighted by molar-refractivity contribution is 7.98. The number of thioether (sulfide) groups is 1. The molecule has 1 aliphatic heterocycles. The number of carbonyl (C=O) groups is 2. The summed E-state index contributed by atoms with van der Waals surface area (Å²) < 4.78 is 63.2. The van der Waals surface area contributed by atoms with Gasteiger partial charge in [-0.25, -0.2) is 9.59 Å². The average Bonchev–Trinajstić information content (AvgIpc) is 2.88. The van der Waals surface area contributed by atoms with Crippen molar-refractivity contribution in [3.63, 3.8) is 0 Å². The molecule has 38 heavy (non-hydrogen) atoms. The normalized spacial score (nSPS) is 15.9. The lowest BCUT2D eigenvalue weighted by molar-refractivity contribution is -0.140. The van der Waals surface area contributed by atoms with Crippen LogP contribution < -0.4 is 11.1 Å². The quantitative estimate of drug-likeness (QED) is 0.197. The Kier molecular flexibility index (Phi) is 12.6. The van der Waals surface area contributed by atoms with Crippen LogP contribution in [-0.4, -0.2) is 64.9 Å². The number of ether oxygens (including phenoxy) is 4. The molecule has 0 aromatic heterocycles. The minimum absolute atomic E-state index is 0.00771. The maximum atomic E-state index is 13.9. The molecular weight excluding hydrogens is 525 g/mol. The minimum atomic E-state index is -4.64. The standard InChI is InChI=1S/C26H35F3N2O6S/c1-5-37-25(33)22-19(15-36-14-8-13-35-12-7-11-30)31-16(2)20(24(32)34-3)21(22)17-9-6-10-18(23(17)38-4)26(27,28)29/h6,9-10,21,31H,5,7-8,11-15,30H2,1-4H3/t21-/m0/s1. The number of hydrogen-bond acceptors (Lipinski definition) is 9. The number of benzene rings is 1. The molecule has 3 N–H and O–H groups in total. The zero-order valence-electron chi connectivity index (χ0n) is 22.0. The van der Waals surface area contributed by atoms with E-state index in [9.17, 15) is 22.8 Å². The molecule has 1 atom stereocenters. The first-order chi connectivity index (χ1) is 18.1. The van der Waals surface area contributed by atoms with Crippen molar-refractivity contribution in [2.45, 2.75) is 43.7 Å². The van der Waals surface area contributed by atoms with Crippen LogP contribution in [0.5, 0.6) is 0 Å². The van der Waals surface area contributed by atoms with Gasteiger partial charge in [0.25, 0.3) is 0 Å². The third-order valence-electron chi connectivity index (χ3n) is 5.73. The van der Waals surface area contributed by atoms with Crippen LogP contribution in [0.15, 0.2) is 45.6 Å². The van der Waals surface area contributed by atoms with Gasteiger partial charge in [0.05, 0.1) is 48.6 Å². The van der Waals surface area contributed by atoms with Crippen molar-refractivity contribution in [2.75, 3.05) is 52.9 Å². The Balaban J connectivity index is 2.56. The van der Waals surface area contributed by atoms with Crippen LogP contribution in [0.2, 0.25) is 0 Å². The molecule has 0 unspecified atom stereocenters. The Labute approximate surface area is 225 Å². The van der Waals surface area contributed by atoms with Crippen molar-refractivity contribution >= 4 is 23.7 Å². The zero-order valence-corrected chi connectivity index (χ0v) is 22.9. The summed E-state index contributed by atoms with van der Waals surface area (Å²) in [6.45, 7) is 5.03. The van der Waals surface area contributed by atoms with Crippen LogP contribution in [0.3, 0.4) is 0 Å². The monoisotopic (exact) mass is 560 g/mol. The molecule has 0 saturated heterocycles. The number of nitrogens with two attached hydrogens (primary N) is 1. The number of carbonyl (C=O) groups excluding carboxylic acids is 2. The second-order valence-corrected chi connectivity index (χ2v) is 9.10. The van der Waals surface area contributed by atoms with E-state index in [1.807, 2.05) is 0 Å². The molecule has 1 heterocycles. The van der Waals surface area contributed by atoms with E-state index in [4.69, 9.17) is 24.7 Å². The summed E-state index contributed by atoms with van der Waals surface area (Å²) >= 11 is 0.883. The summed E-state index contributed by atoms with van der Waals surface area (Å²) in [5.41, 5.74) is 5.36. The van der Waals surface area contributed by atoms with Crippen LogP contribution in [0.25, 0.3) is 0 Å². The van der Waals surface area contributed by atoms with Crippen molar-refractivity contribution in [2.24, 2.45) is 5.73 Å². The molecule has 1 aromatic carbocycles. The first kappa shape index (κ1) is 31.7. The first-order valence-electron chi connectivity index (χ1n) is 12.2. The molecule has 0 radical (unpaired) electrons. The van der Waals surface area contributed by atoms with Gasteiger partial charge < -0.3 is 30.0 Å². The Morgan fingerprint density at radius 1 is 1.08 bits per heavy atom. The molecule has 0 bridgehead atoms. The Bertz CT molecular complexity index is 1040. The molecule has 0 spiro atoms. The summed E-state index contributed by atoms with van der Waals surface area (Å²) in [5, 5.41) is 3.03. The molecule has 2 rings (SSSR count). The molecule has 212 valence electrons. The lowest BCUT2D eigenvalue weighted by Crippen LogP contribution is -2.35. The second-order valence-electron chi connectivity index (χ2n) is 8.29. The van der Waals surface area contributed by atoms with E-state index in [-0.39, 0.29) is 34.8 Å². The van der Waals surface area contributed by atoms with Crippen LogP contribution >= 0.6 is 11.8 Å². The van der Waals surface area contributed by atoms with Crippen LogP contribution in [0.1, 0.15) is 43.7 Å². The predicted molar refractivity (Wildman–Crippen MR) is 137 cm³/mol. The van der Waals surface area contributed by atoms with Gasteiger partial charge in [0.15, 0.2) is 0 Å². The smallest absolute Gasteiger partial charge is 0.417 e. The number of hydrogen-bond donors (Lipinski definition) is 2. The molecule has 0 aliphatic carbocycles. The summed E-state index contributed by atoms with van der Waals surface area (Å²) in [4.78, 5) is 26.1. The Morgan fingerprint density at radius 3 is 2.37 bits per heavy atom. The molecule has 1 aromatic rings. The van der Waals surface area contributed by atoms with E-state index in [2.05, 4.69) is 5.32 Å². The number of dihydropyridines is 1. The summed E-state index contributed by atoms with van der Waals surface area (Å²) in [5.74, 6) is -2.72. The van der Waals surface area contributed by atoms with Gasteiger partial charge in [-0.15, -0.1) is 11.8 Å². The van der Waals surface area contributed by atoms with Crippen molar-refractivity contribution in [1.82, 2.24) is 5.32 Å². The molecule has 0 fully saturated rings. The number of esters is 2. The van der Waals surface area contributed by atoms with E-state index in [0.29, 0.717) is 44.2 Å². The van der Waals surface area contributed by atoms with Gasteiger partial charge in [-0.2, -0.15) is 13.2 Å². The first-order valence-corrected chi connectivity index (χ1v) is 13.4. The third kappa shape index (κ3) is 7.98. The number of allylic oxidation sites excluding steroid dienone is 1. The van der Waals surface area contributed by atoms with Gasteiger partial charge in [0.2, 0.25) is 0 Å². The van der Waals surface area contributed by atoms with Gasteiger partial charge >= 0.3 is 18.1 Å². The van der Waals surface area contributed by atoms with Gasteiger partial charge in [-0.3, -0.25) is 0 Å². The lowest BCUT2D eigenvalue weighted by Gasteiger charge is -2.32. The average molecular weight is 561 g/mol. The van der Waals surface area contributed by atoms with E-state index in [1.54, 1.807) is 13.8 Å². The fourth-order valence-corrected chi connectivity index (χ4v) is 4.93. The molecular formula is C26H35F3N2O6S. The maximum Gasteiger partial charge on any atom is 0.417 e. The topological polar surface area (TPSA) is 109 Å². The number of rotatable bonds is 14. The van der Waals surface area contributed by atoms with Crippen LogP contribution in [0, 0.1) is 0 Å². The summed E-state index contributed by atoms with van der Waals surface area (Å²) in [6.07, 6.45) is -1.79. The predicted octanol–water partition coefficient (Wildman–Crippen LogP) is 4.15. The van der Waals surface area contributed by atoms with Gasteiger partial charge in [-0.05, 0) is 51.1 Å². The summed E-state index contributed by atoms with van der Waals surface area (Å²) in [7, 11) is 1.17. The van der Waals surface area contributed by atoms with Gasteiger partial charge in [-0.1, -0.05) is 12.1 Å². The van der Waals surface area contributed by atoms with E-state index in [0.717, 1.165) is 24.2 Å². The molecule has 12 heteroatoms.